The van der Waals surface area contributed by atoms with Gasteiger partial charge in [-0.15, -0.1) is 0 Å². The van der Waals surface area contributed by atoms with Gasteiger partial charge in [0.15, 0.2) is 11.5 Å². The molecule has 0 spiro atoms. The van der Waals surface area contributed by atoms with Crippen LogP contribution in [0.2, 0.25) is 0 Å². The minimum absolute atomic E-state index is 0.0994. The highest BCUT2D eigenvalue weighted by Crippen LogP contribution is 2.38. The summed E-state index contributed by atoms with van der Waals surface area (Å²) in [5.41, 5.74) is -1.22. The van der Waals surface area contributed by atoms with E-state index in [2.05, 4.69) is 4.98 Å². The third-order valence-corrected chi connectivity index (χ3v) is 5.20. The van der Waals surface area contributed by atoms with Crippen LogP contribution in [0.1, 0.15) is 30.9 Å². The van der Waals surface area contributed by atoms with E-state index in [1.54, 1.807) is 47.0 Å². The van der Waals surface area contributed by atoms with E-state index in [9.17, 15) is 19.1 Å². The fourth-order valence-electron chi connectivity index (χ4n) is 3.67. The zero-order chi connectivity index (χ0) is 20.8. The molecule has 0 fully saturated rings. The van der Waals surface area contributed by atoms with Gasteiger partial charge >= 0.3 is 0 Å². The number of rotatable bonds is 3. The number of benzene rings is 1. The molecule has 2 heterocycles. The Bertz CT molecular complexity index is 1200. The molecule has 1 N–H and O–H groups in total. The molecule has 0 saturated carbocycles. The van der Waals surface area contributed by atoms with Crippen molar-refractivity contribution in [3.05, 3.63) is 84.0 Å². The van der Waals surface area contributed by atoms with E-state index in [1.807, 2.05) is 6.07 Å². The quantitative estimate of drug-likeness (QED) is 0.697. The maximum atomic E-state index is 15.0. The Labute approximate surface area is 167 Å². The number of pyridine rings is 1. The number of imidazole rings is 1. The standard InChI is InChI=1S/C23H19F2N3O/c1-22(2,29)18-9-11-28-19(13-27-21(28)20(18)24)16-7-5-6-15(12-16)17-8-3-4-10-23(17,25)14-26/h3-13,17,29H,1-2H3. The van der Waals surface area contributed by atoms with Crippen LogP contribution in [-0.4, -0.2) is 20.2 Å². The maximum absolute atomic E-state index is 15.0. The summed E-state index contributed by atoms with van der Waals surface area (Å²) in [4.78, 5) is 4.18. The van der Waals surface area contributed by atoms with E-state index in [0.717, 1.165) is 0 Å². The van der Waals surface area contributed by atoms with Gasteiger partial charge in [0.1, 0.15) is 6.07 Å². The third-order valence-electron chi connectivity index (χ3n) is 5.20. The number of allylic oxidation sites excluding steroid dienone is 4. The average molecular weight is 391 g/mol. The Kier molecular flexibility index (Phi) is 4.36. The molecule has 1 aliphatic rings. The first-order valence-corrected chi connectivity index (χ1v) is 9.19. The number of nitrogens with zero attached hydrogens (tertiary/aromatic N) is 3. The van der Waals surface area contributed by atoms with E-state index in [0.29, 0.717) is 16.8 Å². The zero-order valence-electron chi connectivity index (χ0n) is 16.0. The van der Waals surface area contributed by atoms with Crippen LogP contribution in [0.15, 0.2) is 67.0 Å². The van der Waals surface area contributed by atoms with Gasteiger partial charge < -0.3 is 5.11 Å². The van der Waals surface area contributed by atoms with Gasteiger partial charge in [-0.1, -0.05) is 36.4 Å². The number of fused-ring (bicyclic) bond motifs is 1. The zero-order valence-corrected chi connectivity index (χ0v) is 16.0. The summed E-state index contributed by atoms with van der Waals surface area (Å²) < 4.78 is 31.5. The second-order valence-electron chi connectivity index (χ2n) is 7.67. The van der Waals surface area contributed by atoms with E-state index < -0.39 is 23.0 Å². The maximum Gasteiger partial charge on any atom is 0.224 e. The molecule has 0 aliphatic heterocycles. The summed E-state index contributed by atoms with van der Waals surface area (Å²) in [6, 6.07) is 10.4. The van der Waals surface area contributed by atoms with Gasteiger partial charge in [0.25, 0.3) is 0 Å². The molecule has 0 radical (unpaired) electrons. The van der Waals surface area contributed by atoms with Gasteiger partial charge in [0.05, 0.1) is 23.4 Å². The van der Waals surface area contributed by atoms with Crippen LogP contribution in [0.5, 0.6) is 0 Å². The van der Waals surface area contributed by atoms with Crippen molar-refractivity contribution in [2.45, 2.75) is 31.0 Å². The Hall–Kier alpha value is -3.30. The summed E-state index contributed by atoms with van der Waals surface area (Å²) in [5, 5.41) is 19.5. The first kappa shape index (κ1) is 19.0. The molecule has 2 aromatic heterocycles. The third kappa shape index (κ3) is 3.14. The second-order valence-corrected chi connectivity index (χ2v) is 7.67. The summed E-state index contributed by atoms with van der Waals surface area (Å²) in [6.07, 6.45) is 9.34. The summed E-state index contributed by atoms with van der Waals surface area (Å²) in [6.45, 7) is 3.03. The molecule has 0 saturated heterocycles. The van der Waals surface area contributed by atoms with Gasteiger partial charge in [0, 0.05) is 17.3 Å². The van der Waals surface area contributed by atoms with Crippen LogP contribution in [0.3, 0.4) is 0 Å². The van der Waals surface area contributed by atoms with Crippen molar-refractivity contribution in [2.24, 2.45) is 0 Å². The van der Waals surface area contributed by atoms with Gasteiger partial charge in [-0.05, 0) is 37.6 Å². The summed E-state index contributed by atoms with van der Waals surface area (Å²) >= 11 is 0. The first-order valence-electron chi connectivity index (χ1n) is 9.19. The molecule has 0 bridgehead atoms. The predicted octanol–water partition coefficient (Wildman–Crippen LogP) is 4.81. The lowest BCUT2D eigenvalue weighted by atomic mass is 9.81. The van der Waals surface area contributed by atoms with E-state index in [4.69, 9.17) is 0 Å². The molecule has 6 heteroatoms. The van der Waals surface area contributed by atoms with Crippen molar-refractivity contribution in [3.8, 4) is 17.3 Å². The molecule has 3 aromatic rings. The van der Waals surface area contributed by atoms with Crippen molar-refractivity contribution in [3.63, 3.8) is 0 Å². The number of alkyl halides is 1. The molecular formula is C23H19F2N3O. The fourth-order valence-corrected chi connectivity index (χ4v) is 3.67. The minimum atomic E-state index is -2.12. The monoisotopic (exact) mass is 391 g/mol. The lowest BCUT2D eigenvalue weighted by molar-refractivity contribution is 0.0746. The SMILES string of the molecule is CC(C)(O)c1ccn2c(-c3cccc(C4C=CC=CC4(F)C#N)c3)cnc2c1F. The van der Waals surface area contributed by atoms with E-state index >= 15 is 0 Å². The van der Waals surface area contributed by atoms with Gasteiger partial charge in [-0.3, -0.25) is 4.40 Å². The normalized spacial score (nSPS) is 21.4. The second kappa shape index (κ2) is 6.64. The fraction of sp³-hybridized carbons (Fsp3) is 0.217. The summed E-state index contributed by atoms with van der Waals surface area (Å²) in [7, 11) is 0. The molecule has 29 heavy (non-hydrogen) atoms. The molecule has 2 unspecified atom stereocenters. The summed E-state index contributed by atoms with van der Waals surface area (Å²) in [5.74, 6) is -1.33. The smallest absolute Gasteiger partial charge is 0.224 e. The number of aromatic nitrogens is 2. The Morgan fingerprint density at radius 3 is 2.79 bits per heavy atom. The number of halogens is 2. The number of hydrogen-bond acceptors (Lipinski definition) is 3. The molecule has 2 atom stereocenters. The highest BCUT2D eigenvalue weighted by Gasteiger charge is 2.37. The van der Waals surface area contributed by atoms with Crippen LogP contribution in [-0.2, 0) is 5.60 Å². The first-order chi connectivity index (χ1) is 13.7. The van der Waals surface area contributed by atoms with Gasteiger partial charge in [0.2, 0.25) is 5.67 Å². The van der Waals surface area contributed by atoms with Crippen LogP contribution in [0, 0.1) is 17.1 Å². The topological polar surface area (TPSA) is 61.3 Å². The molecule has 1 aliphatic carbocycles. The number of nitriles is 1. The van der Waals surface area contributed by atoms with E-state index in [1.165, 1.54) is 38.3 Å². The van der Waals surface area contributed by atoms with Gasteiger partial charge in [-0.2, -0.15) is 5.26 Å². The number of hydrogen-bond donors (Lipinski definition) is 1. The van der Waals surface area contributed by atoms with Crippen molar-refractivity contribution in [2.75, 3.05) is 0 Å². The lowest BCUT2D eigenvalue weighted by Gasteiger charge is -2.25. The van der Waals surface area contributed by atoms with E-state index in [-0.39, 0.29) is 11.2 Å². The van der Waals surface area contributed by atoms with Crippen LogP contribution < -0.4 is 0 Å². The molecular weight excluding hydrogens is 372 g/mol. The largest absolute Gasteiger partial charge is 0.386 e. The highest BCUT2D eigenvalue weighted by atomic mass is 19.1. The molecule has 1 aromatic carbocycles. The van der Waals surface area contributed by atoms with Gasteiger partial charge in [-0.25, -0.2) is 13.8 Å². The Balaban J connectivity index is 1.81. The van der Waals surface area contributed by atoms with Crippen LogP contribution in [0.25, 0.3) is 16.9 Å². The average Bonchev–Trinajstić information content (AvgIpc) is 3.13. The van der Waals surface area contributed by atoms with Crippen LogP contribution in [0.4, 0.5) is 8.78 Å². The Morgan fingerprint density at radius 2 is 2.07 bits per heavy atom. The van der Waals surface area contributed by atoms with Crippen LogP contribution >= 0.6 is 0 Å². The highest BCUT2D eigenvalue weighted by molar-refractivity contribution is 5.66. The molecule has 4 nitrogen and oxygen atoms in total. The molecule has 146 valence electrons. The van der Waals surface area contributed by atoms with Crippen molar-refractivity contribution >= 4 is 5.65 Å². The number of aliphatic hydroxyl groups is 1. The van der Waals surface area contributed by atoms with Crippen molar-refractivity contribution in [1.82, 2.24) is 9.38 Å². The predicted molar refractivity (Wildman–Crippen MR) is 106 cm³/mol. The van der Waals surface area contributed by atoms with Crippen molar-refractivity contribution in [1.29, 1.82) is 5.26 Å². The molecule has 4 rings (SSSR count). The molecule has 0 amide bonds. The van der Waals surface area contributed by atoms with Crippen molar-refractivity contribution < 1.29 is 13.9 Å². The minimum Gasteiger partial charge on any atom is -0.386 e. The lowest BCUT2D eigenvalue weighted by Crippen LogP contribution is -2.27. The Morgan fingerprint density at radius 1 is 1.28 bits per heavy atom.